The zero-order valence-corrected chi connectivity index (χ0v) is 7.92. The standard InChI is InChI=1S/C10H14FNO/c1-12(2)7-6-8-4-3-5-9(13)10(8)11/h3-5,13H,6-7H2,1-2H3. The Bertz CT molecular complexity index is 286. The summed E-state index contributed by atoms with van der Waals surface area (Å²) in [5.74, 6) is -0.763. The Morgan fingerprint density at radius 3 is 2.69 bits per heavy atom. The van der Waals surface area contributed by atoms with Crippen molar-refractivity contribution in [2.24, 2.45) is 0 Å². The number of phenolic OH excluding ortho intramolecular Hbond substituents is 1. The van der Waals surface area contributed by atoms with E-state index < -0.39 is 5.82 Å². The molecule has 1 aromatic carbocycles. The number of aromatic hydroxyl groups is 1. The van der Waals surface area contributed by atoms with Crippen molar-refractivity contribution in [3.05, 3.63) is 29.6 Å². The summed E-state index contributed by atoms with van der Waals surface area (Å²) in [6, 6.07) is 4.70. The summed E-state index contributed by atoms with van der Waals surface area (Å²) in [6.07, 6.45) is 0.618. The highest BCUT2D eigenvalue weighted by atomic mass is 19.1. The van der Waals surface area contributed by atoms with Crippen LogP contribution in [0, 0.1) is 5.82 Å². The summed E-state index contributed by atoms with van der Waals surface area (Å²) in [5, 5.41) is 9.08. The highest BCUT2D eigenvalue weighted by Gasteiger charge is 2.06. The number of halogens is 1. The van der Waals surface area contributed by atoms with E-state index in [1.807, 2.05) is 19.0 Å². The lowest BCUT2D eigenvalue weighted by Gasteiger charge is -2.09. The van der Waals surface area contributed by atoms with Gasteiger partial charge < -0.3 is 10.0 Å². The first-order chi connectivity index (χ1) is 6.11. The van der Waals surface area contributed by atoms with Crippen LogP contribution in [0.5, 0.6) is 5.75 Å². The first-order valence-electron chi connectivity index (χ1n) is 4.22. The van der Waals surface area contributed by atoms with Gasteiger partial charge in [-0.1, -0.05) is 12.1 Å². The first kappa shape index (κ1) is 9.99. The molecule has 0 spiro atoms. The molecule has 0 aromatic heterocycles. The van der Waals surface area contributed by atoms with E-state index in [0.29, 0.717) is 12.0 Å². The van der Waals surface area contributed by atoms with E-state index in [2.05, 4.69) is 0 Å². The van der Waals surface area contributed by atoms with Crippen LogP contribution in [-0.2, 0) is 6.42 Å². The van der Waals surface area contributed by atoms with Crippen molar-refractivity contribution < 1.29 is 9.50 Å². The minimum Gasteiger partial charge on any atom is -0.505 e. The normalized spacial score (nSPS) is 10.8. The zero-order chi connectivity index (χ0) is 9.84. The molecule has 0 bridgehead atoms. The molecule has 0 aliphatic heterocycles. The molecule has 0 fully saturated rings. The molecule has 0 saturated carbocycles. The molecule has 72 valence electrons. The highest BCUT2D eigenvalue weighted by Crippen LogP contribution is 2.18. The van der Waals surface area contributed by atoms with Gasteiger partial charge in [0, 0.05) is 6.54 Å². The molecule has 1 rings (SSSR count). The molecule has 0 radical (unpaired) electrons. The molecular weight excluding hydrogens is 169 g/mol. The topological polar surface area (TPSA) is 23.5 Å². The van der Waals surface area contributed by atoms with Crippen molar-refractivity contribution in [3.63, 3.8) is 0 Å². The lowest BCUT2D eigenvalue weighted by molar-refractivity contribution is 0.401. The maximum Gasteiger partial charge on any atom is 0.168 e. The van der Waals surface area contributed by atoms with Crippen molar-refractivity contribution >= 4 is 0 Å². The van der Waals surface area contributed by atoms with E-state index in [1.165, 1.54) is 6.07 Å². The van der Waals surface area contributed by atoms with E-state index in [0.717, 1.165) is 6.54 Å². The Balaban J connectivity index is 2.71. The van der Waals surface area contributed by atoms with Crippen LogP contribution >= 0.6 is 0 Å². The summed E-state index contributed by atoms with van der Waals surface area (Å²) in [7, 11) is 3.86. The molecular formula is C10H14FNO. The SMILES string of the molecule is CN(C)CCc1cccc(O)c1F. The third-order valence-electron chi connectivity index (χ3n) is 1.89. The molecule has 0 atom stereocenters. The van der Waals surface area contributed by atoms with Gasteiger partial charge in [0.1, 0.15) is 0 Å². The van der Waals surface area contributed by atoms with Crippen molar-refractivity contribution in [2.45, 2.75) is 6.42 Å². The van der Waals surface area contributed by atoms with Crippen molar-refractivity contribution in [2.75, 3.05) is 20.6 Å². The highest BCUT2D eigenvalue weighted by molar-refractivity contribution is 5.29. The monoisotopic (exact) mass is 183 g/mol. The van der Waals surface area contributed by atoms with Crippen LogP contribution in [0.15, 0.2) is 18.2 Å². The van der Waals surface area contributed by atoms with Crippen LogP contribution in [0.3, 0.4) is 0 Å². The molecule has 0 aliphatic rings. The summed E-state index contributed by atoms with van der Waals surface area (Å²) < 4.78 is 13.2. The molecule has 0 amide bonds. The number of phenols is 1. The van der Waals surface area contributed by atoms with Gasteiger partial charge in [0.15, 0.2) is 11.6 Å². The smallest absolute Gasteiger partial charge is 0.168 e. The van der Waals surface area contributed by atoms with Gasteiger partial charge in [-0.15, -0.1) is 0 Å². The minimum absolute atomic E-state index is 0.267. The number of hydrogen-bond acceptors (Lipinski definition) is 2. The van der Waals surface area contributed by atoms with Gasteiger partial charge in [0.05, 0.1) is 0 Å². The fraction of sp³-hybridized carbons (Fsp3) is 0.400. The minimum atomic E-state index is -0.496. The fourth-order valence-electron chi connectivity index (χ4n) is 1.10. The Hall–Kier alpha value is -1.09. The molecule has 0 saturated heterocycles. The third kappa shape index (κ3) is 2.70. The van der Waals surface area contributed by atoms with Gasteiger partial charge in [0.25, 0.3) is 0 Å². The Labute approximate surface area is 77.6 Å². The van der Waals surface area contributed by atoms with Gasteiger partial charge in [-0.2, -0.15) is 0 Å². The lowest BCUT2D eigenvalue weighted by atomic mass is 10.1. The Kier molecular flexibility index (Phi) is 3.25. The molecule has 13 heavy (non-hydrogen) atoms. The van der Waals surface area contributed by atoms with E-state index in [-0.39, 0.29) is 5.75 Å². The largest absolute Gasteiger partial charge is 0.505 e. The molecule has 1 aromatic rings. The van der Waals surface area contributed by atoms with Gasteiger partial charge in [0.2, 0.25) is 0 Å². The predicted molar refractivity (Wildman–Crippen MR) is 50.3 cm³/mol. The Morgan fingerprint density at radius 2 is 2.08 bits per heavy atom. The second-order valence-electron chi connectivity index (χ2n) is 3.30. The van der Waals surface area contributed by atoms with Crippen LogP contribution < -0.4 is 0 Å². The summed E-state index contributed by atoms with van der Waals surface area (Å²) in [5.41, 5.74) is 0.564. The number of benzene rings is 1. The predicted octanol–water partition coefficient (Wildman–Crippen LogP) is 1.64. The van der Waals surface area contributed by atoms with Gasteiger partial charge in [-0.05, 0) is 32.1 Å². The third-order valence-corrected chi connectivity index (χ3v) is 1.89. The van der Waals surface area contributed by atoms with E-state index >= 15 is 0 Å². The fourth-order valence-corrected chi connectivity index (χ4v) is 1.10. The molecule has 0 aliphatic carbocycles. The van der Waals surface area contributed by atoms with Gasteiger partial charge in [-0.25, -0.2) is 4.39 Å². The van der Waals surface area contributed by atoms with Crippen LogP contribution in [0.4, 0.5) is 4.39 Å². The maximum absolute atomic E-state index is 13.2. The molecule has 3 heteroatoms. The van der Waals surface area contributed by atoms with Crippen molar-refractivity contribution in [1.82, 2.24) is 4.90 Å². The lowest BCUT2D eigenvalue weighted by Crippen LogP contribution is -2.15. The van der Waals surface area contributed by atoms with Crippen LogP contribution in [-0.4, -0.2) is 30.6 Å². The second kappa shape index (κ2) is 4.23. The quantitative estimate of drug-likeness (QED) is 0.770. The number of likely N-dealkylation sites (N-methyl/N-ethyl adjacent to an activating group) is 1. The van der Waals surface area contributed by atoms with Crippen LogP contribution in [0.2, 0.25) is 0 Å². The average Bonchev–Trinajstić information content (AvgIpc) is 2.07. The van der Waals surface area contributed by atoms with Gasteiger partial charge >= 0.3 is 0 Å². The number of hydrogen-bond donors (Lipinski definition) is 1. The Morgan fingerprint density at radius 1 is 1.38 bits per heavy atom. The van der Waals surface area contributed by atoms with Crippen molar-refractivity contribution in [1.29, 1.82) is 0 Å². The van der Waals surface area contributed by atoms with E-state index in [4.69, 9.17) is 5.11 Å². The number of rotatable bonds is 3. The van der Waals surface area contributed by atoms with Crippen LogP contribution in [0.1, 0.15) is 5.56 Å². The average molecular weight is 183 g/mol. The first-order valence-corrected chi connectivity index (χ1v) is 4.22. The zero-order valence-electron chi connectivity index (χ0n) is 7.92. The second-order valence-corrected chi connectivity index (χ2v) is 3.30. The summed E-state index contributed by atoms with van der Waals surface area (Å²) >= 11 is 0. The number of nitrogens with zero attached hydrogens (tertiary/aromatic N) is 1. The molecule has 0 heterocycles. The maximum atomic E-state index is 13.2. The molecule has 2 nitrogen and oxygen atoms in total. The van der Waals surface area contributed by atoms with Gasteiger partial charge in [-0.3, -0.25) is 0 Å². The summed E-state index contributed by atoms with van der Waals surface area (Å²) in [4.78, 5) is 1.98. The van der Waals surface area contributed by atoms with Crippen molar-refractivity contribution in [3.8, 4) is 5.75 Å². The summed E-state index contributed by atoms with van der Waals surface area (Å²) in [6.45, 7) is 0.778. The van der Waals surface area contributed by atoms with E-state index in [1.54, 1.807) is 12.1 Å². The van der Waals surface area contributed by atoms with Crippen LogP contribution in [0.25, 0.3) is 0 Å². The van der Waals surface area contributed by atoms with E-state index in [9.17, 15) is 4.39 Å². The molecule has 1 N–H and O–H groups in total. The molecule has 0 unspecified atom stereocenters.